The van der Waals surface area contributed by atoms with Crippen molar-refractivity contribution in [3.05, 3.63) is 41.3 Å². The minimum Gasteiger partial charge on any atom is -0.507 e. The van der Waals surface area contributed by atoms with Gasteiger partial charge in [0.1, 0.15) is 9.96 Å². The number of amides is 1. The fourth-order valence-electron chi connectivity index (χ4n) is 3.23. The summed E-state index contributed by atoms with van der Waals surface area (Å²) in [6.07, 6.45) is 2.40. The Balaban J connectivity index is 1.74. The zero-order valence-corrected chi connectivity index (χ0v) is 17.5. The van der Waals surface area contributed by atoms with Gasteiger partial charge in [-0.2, -0.15) is 0 Å². The first-order chi connectivity index (χ1) is 13.2. The molecular weight excluding hydrogens is 400 g/mol. The van der Waals surface area contributed by atoms with Gasteiger partial charge in [0, 0.05) is 26.3 Å². The Morgan fingerprint density at radius 3 is 2.71 bits per heavy atom. The molecule has 0 saturated carbocycles. The monoisotopic (exact) mass is 424 g/mol. The predicted molar refractivity (Wildman–Crippen MR) is 108 cm³/mol. The molecule has 1 aromatic heterocycles. The minimum atomic E-state index is -3.71. The number of hydrogen-bond acceptors (Lipinski definition) is 6. The molecule has 2 N–H and O–H groups in total. The Kier molecular flexibility index (Phi) is 5.97. The zero-order chi connectivity index (χ0) is 20.4. The molecule has 0 radical (unpaired) electrons. The van der Waals surface area contributed by atoms with Crippen molar-refractivity contribution in [3.8, 4) is 5.75 Å². The summed E-state index contributed by atoms with van der Waals surface area (Å²) in [5, 5.41) is 12.0. The molecule has 1 amide bonds. The van der Waals surface area contributed by atoms with Gasteiger partial charge in [0.25, 0.3) is 15.9 Å². The van der Waals surface area contributed by atoms with Crippen LogP contribution >= 0.6 is 11.3 Å². The molecule has 1 saturated heterocycles. The molecule has 9 heteroatoms. The van der Waals surface area contributed by atoms with Crippen LogP contribution in [0.15, 0.2) is 39.9 Å². The number of nitrogens with one attached hydrogen (secondary N) is 1. The fraction of sp³-hybridized carbons (Fsp3) is 0.421. The molecular formula is C19H24N2O5S2. The molecule has 1 aliphatic rings. The molecule has 152 valence electrons. The van der Waals surface area contributed by atoms with Crippen molar-refractivity contribution in [1.82, 2.24) is 4.90 Å². The fourth-order valence-corrected chi connectivity index (χ4v) is 5.27. The summed E-state index contributed by atoms with van der Waals surface area (Å²) in [7, 11) is -2.03. The van der Waals surface area contributed by atoms with Crippen LogP contribution in [0.3, 0.4) is 0 Å². The molecule has 0 spiro atoms. The molecule has 2 heterocycles. The highest BCUT2D eigenvalue weighted by molar-refractivity contribution is 7.94. The lowest BCUT2D eigenvalue weighted by atomic mass is 9.97. The van der Waals surface area contributed by atoms with Crippen LogP contribution in [-0.2, 0) is 14.8 Å². The topological polar surface area (TPSA) is 95.9 Å². The number of carbonyl (C=O) groups is 1. The highest BCUT2D eigenvalue weighted by Crippen LogP contribution is 2.29. The third kappa shape index (κ3) is 4.48. The van der Waals surface area contributed by atoms with Crippen LogP contribution in [0, 0.1) is 0 Å². The van der Waals surface area contributed by atoms with E-state index in [1.54, 1.807) is 23.5 Å². The van der Waals surface area contributed by atoms with E-state index in [0.29, 0.717) is 19.5 Å². The van der Waals surface area contributed by atoms with Gasteiger partial charge in [0.15, 0.2) is 0 Å². The number of likely N-dealkylation sites (tertiary alicyclic amines) is 1. The smallest absolute Gasteiger partial charge is 0.271 e. The summed E-state index contributed by atoms with van der Waals surface area (Å²) in [4.78, 5) is 14.5. The maximum absolute atomic E-state index is 12.8. The van der Waals surface area contributed by atoms with Crippen molar-refractivity contribution >= 4 is 33.0 Å². The molecule has 28 heavy (non-hydrogen) atoms. The summed E-state index contributed by atoms with van der Waals surface area (Å²) in [5.41, 5.74) is 0.103. The van der Waals surface area contributed by atoms with Gasteiger partial charge >= 0.3 is 0 Å². The van der Waals surface area contributed by atoms with Crippen LogP contribution < -0.4 is 4.72 Å². The molecule has 0 aliphatic carbocycles. The highest BCUT2D eigenvalue weighted by atomic mass is 32.2. The Labute approximate surface area is 169 Å². The van der Waals surface area contributed by atoms with Gasteiger partial charge in [-0.25, -0.2) is 8.42 Å². The second kappa shape index (κ2) is 8.10. The van der Waals surface area contributed by atoms with Crippen LogP contribution in [0.1, 0.15) is 36.5 Å². The number of benzene rings is 1. The second-order valence-corrected chi connectivity index (χ2v) is 9.93. The number of sulfonamides is 1. The molecule has 1 aliphatic heterocycles. The molecule has 1 unspecified atom stereocenters. The molecule has 2 aromatic rings. The first-order valence-corrected chi connectivity index (χ1v) is 11.3. The van der Waals surface area contributed by atoms with Crippen molar-refractivity contribution in [2.75, 3.05) is 24.9 Å². The third-order valence-corrected chi connectivity index (χ3v) is 7.84. The van der Waals surface area contributed by atoms with Crippen LogP contribution in [0.25, 0.3) is 0 Å². The number of anilines is 1. The van der Waals surface area contributed by atoms with Gasteiger partial charge in [-0.3, -0.25) is 9.52 Å². The normalized spacial score (nSPS) is 20.6. The molecule has 3 rings (SSSR count). The minimum absolute atomic E-state index is 0.153. The standard InChI is InChI=1S/C19H24N2O5S2/c1-19(26-2)8-4-10-21(11-9-19)18(23)15-7-6-14(13-16(15)22)20-28(24,25)17-5-3-12-27-17/h3,5-7,12-13,20,22H,4,8-11H2,1-2H3. The van der Waals surface area contributed by atoms with Crippen LogP contribution in [0.4, 0.5) is 5.69 Å². The number of rotatable bonds is 5. The van der Waals surface area contributed by atoms with Crippen LogP contribution in [0.5, 0.6) is 5.75 Å². The lowest BCUT2D eigenvalue weighted by molar-refractivity contribution is -0.00537. The van der Waals surface area contributed by atoms with Crippen LogP contribution in [-0.4, -0.2) is 50.1 Å². The molecule has 0 bridgehead atoms. The van der Waals surface area contributed by atoms with E-state index in [4.69, 9.17) is 4.74 Å². The van der Waals surface area contributed by atoms with E-state index in [-0.39, 0.29) is 32.7 Å². The third-order valence-electron chi connectivity index (χ3n) is 5.06. The number of phenols is 1. The van der Waals surface area contributed by atoms with Gasteiger partial charge in [0.2, 0.25) is 0 Å². The van der Waals surface area contributed by atoms with Gasteiger partial charge in [-0.15, -0.1) is 11.3 Å². The zero-order valence-electron chi connectivity index (χ0n) is 15.8. The number of nitrogens with zero attached hydrogens (tertiary/aromatic N) is 1. The van der Waals surface area contributed by atoms with Crippen molar-refractivity contribution in [2.24, 2.45) is 0 Å². The first kappa shape index (κ1) is 20.6. The summed E-state index contributed by atoms with van der Waals surface area (Å²) >= 11 is 1.10. The Hall–Kier alpha value is -2.10. The van der Waals surface area contributed by atoms with Gasteiger partial charge in [-0.1, -0.05) is 6.07 Å². The van der Waals surface area contributed by atoms with E-state index in [1.165, 1.54) is 24.3 Å². The molecule has 1 fully saturated rings. The maximum Gasteiger partial charge on any atom is 0.271 e. The number of methoxy groups -OCH3 is 1. The van der Waals surface area contributed by atoms with E-state index < -0.39 is 10.0 Å². The van der Waals surface area contributed by atoms with Crippen molar-refractivity contribution < 1.29 is 23.1 Å². The Bertz CT molecular complexity index is 943. The first-order valence-electron chi connectivity index (χ1n) is 8.98. The summed E-state index contributed by atoms with van der Waals surface area (Å²) in [5.74, 6) is -0.527. The van der Waals surface area contributed by atoms with E-state index >= 15 is 0 Å². The van der Waals surface area contributed by atoms with E-state index in [0.717, 1.165) is 24.2 Å². The summed E-state index contributed by atoms with van der Waals surface area (Å²) < 4.78 is 32.7. The van der Waals surface area contributed by atoms with E-state index in [9.17, 15) is 18.3 Å². The van der Waals surface area contributed by atoms with E-state index in [2.05, 4.69) is 4.72 Å². The number of carbonyl (C=O) groups excluding carboxylic acids is 1. The van der Waals surface area contributed by atoms with Gasteiger partial charge < -0.3 is 14.7 Å². The lowest BCUT2D eigenvalue weighted by Crippen LogP contribution is -2.34. The number of thiophene rings is 1. The quantitative estimate of drug-likeness (QED) is 0.768. The molecule has 1 atom stereocenters. The van der Waals surface area contributed by atoms with Crippen LogP contribution in [0.2, 0.25) is 0 Å². The highest BCUT2D eigenvalue weighted by Gasteiger charge is 2.30. The largest absolute Gasteiger partial charge is 0.507 e. The predicted octanol–water partition coefficient (Wildman–Crippen LogP) is 3.29. The lowest BCUT2D eigenvalue weighted by Gasteiger charge is -2.26. The van der Waals surface area contributed by atoms with Gasteiger partial charge in [0.05, 0.1) is 16.9 Å². The Morgan fingerprint density at radius 1 is 1.29 bits per heavy atom. The second-order valence-electron chi connectivity index (χ2n) is 7.07. The van der Waals surface area contributed by atoms with Crippen molar-refractivity contribution in [2.45, 2.75) is 36.0 Å². The van der Waals surface area contributed by atoms with Crippen molar-refractivity contribution in [3.63, 3.8) is 0 Å². The van der Waals surface area contributed by atoms with Crippen molar-refractivity contribution in [1.29, 1.82) is 0 Å². The molecule has 1 aromatic carbocycles. The summed E-state index contributed by atoms with van der Waals surface area (Å²) in [6, 6.07) is 7.33. The van der Waals surface area contributed by atoms with E-state index in [1.807, 2.05) is 6.92 Å². The number of ether oxygens (including phenoxy) is 1. The Morgan fingerprint density at radius 2 is 2.07 bits per heavy atom. The maximum atomic E-state index is 12.8. The number of hydrogen-bond donors (Lipinski definition) is 2. The number of phenolic OH excluding ortho intramolecular Hbond substituents is 1. The SMILES string of the molecule is COC1(C)CCCN(C(=O)c2ccc(NS(=O)(=O)c3cccs3)cc2O)CC1. The summed E-state index contributed by atoms with van der Waals surface area (Å²) in [6.45, 7) is 3.16. The van der Waals surface area contributed by atoms with Gasteiger partial charge in [-0.05, 0) is 49.8 Å². The molecule has 7 nitrogen and oxygen atoms in total. The number of aromatic hydroxyl groups is 1. The average molecular weight is 425 g/mol. The average Bonchev–Trinajstić information content (AvgIpc) is 3.13.